The monoisotopic (exact) mass is 350 g/mol. The summed E-state index contributed by atoms with van der Waals surface area (Å²) in [5.74, 6) is 0.718. The first kappa shape index (κ1) is 15.9. The van der Waals surface area contributed by atoms with Crippen LogP contribution in [0.15, 0.2) is 36.5 Å². The first-order valence-corrected chi connectivity index (χ1v) is 8.01. The molecular weight excluding hydrogens is 335 g/mol. The number of piperazine rings is 1. The lowest BCUT2D eigenvalue weighted by Crippen LogP contribution is -2.49. The zero-order valence-electron chi connectivity index (χ0n) is 12.4. The number of amides is 1. The third-order valence-electron chi connectivity index (χ3n) is 3.81. The molecule has 2 N–H and O–H groups in total. The summed E-state index contributed by atoms with van der Waals surface area (Å²) in [6.07, 6.45) is 1.58. The number of hydrogen-bond acceptors (Lipinski definition) is 4. The van der Waals surface area contributed by atoms with E-state index in [1.165, 1.54) is 0 Å². The van der Waals surface area contributed by atoms with Crippen molar-refractivity contribution in [3.05, 3.63) is 52.1 Å². The van der Waals surface area contributed by atoms with E-state index in [2.05, 4.69) is 9.88 Å². The standard InChI is InChI=1S/C16H16Cl2N4O/c17-12-9-14(18)15(20-10-12)21-5-7-22(8-6-21)16(23)11-1-3-13(19)4-2-11/h1-4,9-10H,5-8,19H2. The van der Waals surface area contributed by atoms with Crippen LogP contribution in [0.2, 0.25) is 10.0 Å². The maximum absolute atomic E-state index is 12.5. The van der Waals surface area contributed by atoms with Gasteiger partial charge in [0.1, 0.15) is 5.82 Å². The van der Waals surface area contributed by atoms with Gasteiger partial charge in [0.05, 0.1) is 10.0 Å². The molecule has 23 heavy (non-hydrogen) atoms. The van der Waals surface area contributed by atoms with Gasteiger partial charge in [-0.1, -0.05) is 23.2 Å². The van der Waals surface area contributed by atoms with Crippen LogP contribution in [-0.2, 0) is 0 Å². The number of carbonyl (C=O) groups is 1. The molecule has 0 saturated carbocycles. The molecule has 120 valence electrons. The summed E-state index contributed by atoms with van der Waals surface area (Å²) >= 11 is 12.1. The lowest BCUT2D eigenvalue weighted by atomic mass is 10.1. The number of anilines is 2. The van der Waals surface area contributed by atoms with Gasteiger partial charge in [0.25, 0.3) is 5.91 Å². The van der Waals surface area contributed by atoms with Gasteiger partial charge >= 0.3 is 0 Å². The first-order chi connectivity index (χ1) is 11.0. The second-order valence-corrected chi connectivity index (χ2v) is 6.20. The number of nitrogen functional groups attached to an aromatic ring is 1. The Hall–Kier alpha value is -1.98. The van der Waals surface area contributed by atoms with Crippen LogP contribution in [0, 0.1) is 0 Å². The summed E-state index contributed by atoms with van der Waals surface area (Å²) < 4.78 is 0. The van der Waals surface area contributed by atoms with Crippen LogP contribution in [0.25, 0.3) is 0 Å². The number of benzene rings is 1. The molecule has 2 heterocycles. The molecule has 0 spiro atoms. The summed E-state index contributed by atoms with van der Waals surface area (Å²) in [5, 5.41) is 1.03. The van der Waals surface area contributed by atoms with Crippen LogP contribution in [-0.4, -0.2) is 42.0 Å². The van der Waals surface area contributed by atoms with Crippen molar-refractivity contribution in [2.75, 3.05) is 36.8 Å². The number of nitrogens with two attached hydrogens (primary N) is 1. The zero-order valence-corrected chi connectivity index (χ0v) is 13.9. The minimum absolute atomic E-state index is 0.0137. The molecule has 7 heteroatoms. The molecule has 2 aromatic rings. The third kappa shape index (κ3) is 3.51. The van der Waals surface area contributed by atoms with Gasteiger partial charge in [-0.2, -0.15) is 0 Å². The Morgan fingerprint density at radius 1 is 1.09 bits per heavy atom. The minimum Gasteiger partial charge on any atom is -0.399 e. The number of nitrogens with zero attached hydrogens (tertiary/aromatic N) is 3. The second-order valence-electron chi connectivity index (χ2n) is 5.36. The van der Waals surface area contributed by atoms with E-state index < -0.39 is 0 Å². The van der Waals surface area contributed by atoms with Gasteiger partial charge in [-0.25, -0.2) is 4.98 Å². The van der Waals surface area contributed by atoms with E-state index in [4.69, 9.17) is 28.9 Å². The van der Waals surface area contributed by atoms with Crippen molar-refractivity contribution in [1.29, 1.82) is 0 Å². The first-order valence-electron chi connectivity index (χ1n) is 7.25. The summed E-state index contributed by atoms with van der Waals surface area (Å²) in [4.78, 5) is 20.6. The zero-order chi connectivity index (χ0) is 16.4. The molecule has 1 fully saturated rings. The quantitative estimate of drug-likeness (QED) is 0.845. The topological polar surface area (TPSA) is 62.5 Å². The van der Waals surface area contributed by atoms with E-state index in [9.17, 15) is 4.79 Å². The van der Waals surface area contributed by atoms with Gasteiger partial charge in [-0.3, -0.25) is 4.79 Å². The maximum atomic E-state index is 12.5. The summed E-state index contributed by atoms with van der Waals surface area (Å²) in [5.41, 5.74) is 6.95. The fourth-order valence-corrected chi connectivity index (χ4v) is 3.07. The van der Waals surface area contributed by atoms with Crippen molar-refractivity contribution in [2.45, 2.75) is 0 Å². The molecule has 0 aliphatic carbocycles. The van der Waals surface area contributed by atoms with Crippen molar-refractivity contribution >= 4 is 40.6 Å². The largest absolute Gasteiger partial charge is 0.399 e. The normalized spacial score (nSPS) is 14.9. The van der Waals surface area contributed by atoms with E-state index in [1.807, 2.05) is 4.90 Å². The Labute approximate surface area is 144 Å². The Bertz CT molecular complexity index is 713. The molecular formula is C16H16Cl2N4O. The molecule has 1 amide bonds. The van der Waals surface area contributed by atoms with Crippen LogP contribution in [0.1, 0.15) is 10.4 Å². The lowest BCUT2D eigenvalue weighted by molar-refractivity contribution is 0.0746. The number of rotatable bonds is 2. The third-order valence-corrected chi connectivity index (χ3v) is 4.30. The van der Waals surface area contributed by atoms with Gasteiger partial charge in [0.2, 0.25) is 0 Å². The van der Waals surface area contributed by atoms with Crippen LogP contribution in [0.5, 0.6) is 0 Å². The molecule has 5 nitrogen and oxygen atoms in total. The molecule has 1 aliphatic heterocycles. The van der Waals surface area contributed by atoms with Crippen molar-refractivity contribution in [2.24, 2.45) is 0 Å². The molecule has 0 bridgehead atoms. The summed E-state index contributed by atoms with van der Waals surface area (Å²) in [7, 11) is 0. The molecule has 1 aromatic carbocycles. The van der Waals surface area contributed by atoms with Crippen LogP contribution in [0.4, 0.5) is 11.5 Å². The van der Waals surface area contributed by atoms with Gasteiger partial charge in [0, 0.05) is 43.6 Å². The minimum atomic E-state index is 0.0137. The highest BCUT2D eigenvalue weighted by atomic mass is 35.5. The molecule has 0 atom stereocenters. The predicted octanol–water partition coefficient (Wildman–Crippen LogP) is 2.93. The number of aromatic nitrogens is 1. The Morgan fingerprint density at radius 3 is 2.35 bits per heavy atom. The number of halogens is 2. The smallest absolute Gasteiger partial charge is 0.253 e. The van der Waals surface area contributed by atoms with Crippen molar-refractivity contribution in [3.63, 3.8) is 0 Å². The van der Waals surface area contributed by atoms with Gasteiger partial charge in [-0.05, 0) is 30.3 Å². The van der Waals surface area contributed by atoms with Crippen molar-refractivity contribution in [3.8, 4) is 0 Å². The number of hydrogen-bond donors (Lipinski definition) is 1. The van der Waals surface area contributed by atoms with E-state index in [1.54, 1.807) is 36.5 Å². The van der Waals surface area contributed by atoms with Crippen LogP contribution in [0.3, 0.4) is 0 Å². The molecule has 0 radical (unpaired) electrons. The van der Waals surface area contributed by atoms with Crippen LogP contribution < -0.4 is 10.6 Å². The van der Waals surface area contributed by atoms with Gasteiger partial charge < -0.3 is 15.5 Å². The van der Waals surface area contributed by atoms with Gasteiger partial charge in [-0.15, -0.1) is 0 Å². The molecule has 1 aliphatic rings. The van der Waals surface area contributed by atoms with E-state index in [0.29, 0.717) is 53.3 Å². The Balaban J connectivity index is 1.66. The van der Waals surface area contributed by atoms with Crippen molar-refractivity contribution < 1.29 is 4.79 Å². The Kier molecular flexibility index (Phi) is 4.59. The van der Waals surface area contributed by atoms with Gasteiger partial charge in [0.15, 0.2) is 0 Å². The van der Waals surface area contributed by atoms with E-state index in [0.717, 1.165) is 0 Å². The average Bonchev–Trinajstić information content (AvgIpc) is 2.55. The second kappa shape index (κ2) is 6.64. The van der Waals surface area contributed by atoms with Crippen molar-refractivity contribution in [1.82, 2.24) is 9.88 Å². The fraction of sp³-hybridized carbons (Fsp3) is 0.250. The molecule has 1 aromatic heterocycles. The van der Waals surface area contributed by atoms with E-state index in [-0.39, 0.29) is 5.91 Å². The molecule has 3 rings (SSSR count). The number of pyridine rings is 1. The highest BCUT2D eigenvalue weighted by Gasteiger charge is 2.24. The Morgan fingerprint density at radius 2 is 1.74 bits per heavy atom. The number of carbonyl (C=O) groups excluding carboxylic acids is 1. The fourth-order valence-electron chi connectivity index (χ4n) is 2.57. The SMILES string of the molecule is Nc1ccc(C(=O)N2CCN(c3ncc(Cl)cc3Cl)CC2)cc1. The maximum Gasteiger partial charge on any atom is 0.253 e. The highest BCUT2D eigenvalue weighted by molar-refractivity contribution is 6.36. The highest BCUT2D eigenvalue weighted by Crippen LogP contribution is 2.27. The van der Waals surface area contributed by atoms with E-state index >= 15 is 0 Å². The predicted molar refractivity (Wildman–Crippen MR) is 93.2 cm³/mol. The summed E-state index contributed by atoms with van der Waals surface area (Å²) in [6.45, 7) is 2.58. The molecule has 0 unspecified atom stereocenters. The van der Waals surface area contributed by atoms with Crippen LogP contribution >= 0.6 is 23.2 Å². The summed E-state index contributed by atoms with van der Waals surface area (Å²) in [6, 6.07) is 8.66. The lowest BCUT2D eigenvalue weighted by Gasteiger charge is -2.35. The average molecular weight is 351 g/mol. The molecule has 1 saturated heterocycles.